The molecule has 2 aliphatic heterocycles. The van der Waals surface area contributed by atoms with E-state index in [0.717, 1.165) is 0 Å². The molecule has 6 aromatic rings. The monoisotopic (exact) mass is 613 g/mol. The maximum absolute atomic E-state index is 2.53. The number of nitrogens with zero attached hydrogens (tertiary/aromatic N) is 1. The van der Waals surface area contributed by atoms with Crippen LogP contribution in [0.15, 0.2) is 97.1 Å². The van der Waals surface area contributed by atoms with Gasteiger partial charge in [-0.25, -0.2) is 0 Å². The van der Waals surface area contributed by atoms with Gasteiger partial charge in [-0.1, -0.05) is 116 Å². The fourth-order valence-corrected chi connectivity index (χ4v) is 9.83. The van der Waals surface area contributed by atoms with E-state index in [1.807, 2.05) is 11.3 Å². The van der Waals surface area contributed by atoms with Crippen LogP contribution in [0, 0.1) is 0 Å². The third-order valence-corrected chi connectivity index (χ3v) is 12.2. The second-order valence-electron chi connectivity index (χ2n) is 16.2. The molecule has 3 aliphatic rings. The molecule has 0 unspecified atom stereocenters. The van der Waals surface area contributed by atoms with Crippen molar-refractivity contribution in [3.05, 3.63) is 119 Å². The highest BCUT2D eigenvalue weighted by atomic mass is 32.1. The van der Waals surface area contributed by atoms with Crippen LogP contribution in [0.25, 0.3) is 32.3 Å². The maximum atomic E-state index is 2.53. The Bertz CT molecular complexity index is 2250. The van der Waals surface area contributed by atoms with Crippen LogP contribution in [-0.2, 0) is 16.2 Å². The van der Waals surface area contributed by atoms with E-state index < -0.39 is 0 Å². The first kappa shape index (κ1) is 28.2. The third-order valence-electron chi connectivity index (χ3n) is 11.0. The molecular weight excluding hydrogens is 573 g/mol. The van der Waals surface area contributed by atoms with E-state index in [2.05, 4.69) is 157 Å². The smallest absolute Gasteiger partial charge is 0.260 e. The number of fused-ring (bicyclic) bond motifs is 10. The number of thiophene rings is 1. The second-order valence-corrected chi connectivity index (χ2v) is 17.3. The quantitative estimate of drug-likeness (QED) is 0.167. The summed E-state index contributed by atoms with van der Waals surface area (Å²) in [7, 11) is 0. The first-order chi connectivity index (χ1) is 21.8. The van der Waals surface area contributed by atoms with Crippen molar-refractivity contribution < 1.29 is 0 Å². The van der Waals surface area contributed by atoms with E-state index in [1.165, 1.54) is 87.4 Å². The van der Waals surface area contributed by atoms with Crippen LogP contribution in [0.3, 0.4) is 0 Å². The fraction of sp³-hybridized carbons (Fsp3) is 0.256. The number of anilines is 3. The van der Waals surface area contributed by atoms with Gasteiger partial charge in [-0.2, -0.15) is 0 Å². The Hall–Kier alpha value is -4.08. The molecule has 0 saturated carbocycles. The summed E-state index contributed by atoms with van der Waals surface area (Å²) >= 11 is 2.02. The SMILES string of the molecule is CC(C)(C)c1ccc(N2c3ccc(C(C)(C)C)cc3B3c4sc5cc6c(cc5c4-c4cccc2c43)-c2ccccc2C6(C)C)cc1. The Balaban J connectivity index is 1.32. The minimum Gasteiger partial charge on any atom is -0.311 e. The molecule has 5 aromatic carbocycles. The van der Waals surface area contributed by atoms with Gasteiger partial charge in [-0.3, -0.25) is 0 Å². The summed E-state index contributed by atoms with van der Waals surface area (Å²) in [6, 6.07) is 37.6. The van der Waals surface area contributed by atoms with E-state index in [4.69, 9.17) is 0 Å². The summed E-state index contributed by atoms with van der Waals surface area (Å²) in [4.78, 5) is 2.53. The van der Waals surface area contributed by atoms with Gasteiger partial charge in [0.15, 0.2) is 0 Å². The summed E-state index contributed by atoms with van der Waals surface area (Å²) in [5.74, 6) is 0. The standard InChI is InChI=1S/C43H40BNS/c1-41(2,3)25-16-19-27(20-17-25)45-35-21-18-26(42(4,5)6)22-34(35)44-39-29(13-11-15-36(39)45)38-31-23-30-28-12-9-10-14-32(28)43(7,8)33(30)24-37(31)46-40(38)44/h9-24H,1-8H3. The molecule has 0 spiro atoms. The van der Waals surface area contributed by atoms with Gasteiger partial charge >= 0.3 is 0 Å². The zero-order chi connectivity index (χ0) is 31.9. The van der Waals surface area contributed by atoms with Crippen molar-refractivity contribution in [2.45, 2.75) is 71.6 Å². The minimum atomic E-state index is 0.00170. The van der Waals surface area contributed by atoms with Gasteiger partial charge in [0.2, 0.25) is 0 Å². The zero-order valence-corrected chi connectivity index (χ0v) is 29.0. The Kier molecular flexibility index (Phi) is 5.54. The normalized spacial score (nSPS) is 15.5. The largest absolute Gasteiger partial charge is 0.311 e. The Morgan fingerprint density at radius 1 is 0.630 bits per heavy atom. The van der Waals surface area contributed by atoms with Crippen molar-refractivity contribution >= 4 is 60.9 Å². The predicted octanol–water partition coefficient (Wildman–Crippen LogP) is 10.1. The molecule has 46 heavy (non-hydrogen) atoms. The Morgan fingerprint density at radius 2 is 1.33 bits per heavy atom. The lowest BCUT2D eigenvalue weighted by Gasteiger charge is -2.37. The minimum absolute atomic E-state index is 0.00170. The number of benzene rings is 5. The van der Waals surface area contributed by atoms with Crippen LogP contribution in [0.4, 0.5) is 17.1 Å². The topological polar surface area (TPSA) is 3.24 Å². The van der Waals surface area contributed by atoms with Crippen molar-refractivity contribution in [3.8, 4) is 22.3 Å². The molecule has 3 heteroatoms. The third kappa shape index (κ3) is 3.70. The number of hydrogen-bond donors (Lipinski definition) is 0. The summed E-state index contributed by atoms with van der Waals surface area (Å²) in [5.41, 5.74) is 18.2. The summed E-state index contributed by atoms with van der Waals surface area (Å²) in [5, 5.41) is 1.41. The molecule has 0 bridgehead atoms. The second kappa shape index (κ2) is 9.04. The lowest BCUT2D eigenvalue weighted by atomic mass is 9.39. The van der Waals surface area contributed by atoms with E-state index in [0.29, 0.717) is 0 Å². The molecule has 1 aromatic heterocycles. The van der Waals surface area contributed by atoms with Gasteiger partial charge in [-0.05, 0) is 107 Å². The molecular formula is C43H40BNS. The van der Waals surface area contributed by atoms with Crippen LogP contribution in [0.1, 0.15) is 77.6 Å². The molecule has 0 amide bonds. The van der Waals surface area contributed by atoms with E-state index in [9.17, 15) is 0 Å². The summed E-state index contributed by atoms with van der Waals surface area (Å²) in [6.45, 7) is 18.9. The van der Waals surface area contributed by atoms with E-state index >= 15 is 0 Å². The van der Waals surface area contributed by atoms with Gasteiger partial charge in [0.1, 0.15) is 0 Å². The molecule has 0 atom stereocenters. The molecule has 0 N–H and O–H groups in total. The molecule has 226 valence electrons. The molecule has 9 rings (SSSR count). The van der Waals surface area contributed by atoms with Crippen molar-refractivity contribution in [2.75, 3.05) is 4.90 Å². The van der Waals surface area contributed by atoms with E-state index in [1.54, 1.807) is 0 Å². The van der Waals surface area contributed by atoms with Gasteiger partial charge < -0.3 is 4.90 Å². The van der Waals surface area contributed by atoms with E-state index in [-0.39, 0.29) is 23.0 Å². The Morgan fingerprint density at radius 3 is 2.07 bits per heavy atom. The summed E-state index contributed by atoms with van der Waals surface area (Å²) < 4.78 is 2.91. The van der Waals surface area contributed by atoms with Crippen molar-refractivity contribution in [1.82, 2.24) is 0 Å². The van der Waals surface area contributed by atoms with Crippen LogP contribution in [-0.4, -0.2) is 6.71 Å². The van der Waals surface area contributed by atoms with Crippen molar-refractivity contribution in [2.24, 2.45) is 0 Å². The van der Waals surface area contributed by atoms with Crippen LogP contribution in [0.2, 0.25) is 0 Å². The first-order valence-electron chi connectivity index (χ1n) is 16.7. The molecule has 3 heterocycles. The van der Waals surface area contributed by atoms with Crippen molar-refractivity contribution in [3.63, 3.8) is 0 Å². The lowest BCUT2D eigenvalue weighted by Crippen LogP contribution is -2.54. The molecule has 1 aliphatic carbocycles. The fourth-order valence-electron chi connectivity index (χ4n) is 8.46. The number of rotatable bonds is 1. The van der Waals surface area contributed by atoms with Gasteiger partial charge in [-0.15, -0.1) is 11.3 Å². The lowest BCUT2D eigenvalue weighted by molar-refractivity contribution is 0.590. The average molecular weight is 614 g/mol. The highest BCUT2D eigenvalue weighted by Crippen LogP contribution is 2.52. The Labute approximate surface area is 278 Å². The highest BCUT2D eigenvalue weighted by molar-refractivity contribution is 7.34. The first-order valence-corrected chi connectivity index (χ1v) is 17.5. The van der Waals surface area contributed by atoms with Gasteiger partial charge in [0.05, 0.1) is 0 Å². The van der Waals surface area contributed by atoms with Crippen LogP contribution >= 0.6 is 11.3 Å². The predicted molar refractivity (Wildman–Crippen MR) is 202 cm³/mol. The van der Waals surface area contributed by atoms with Crippen molar-refractivity contribution in [1.29, 1.82) is 0 Å². The van der Waals surface area contributed by atoms with Gasteiger partial charge in [0.25, 0.3) is 6.71 Å². The average Bonchev–Trinajstić information content (AvgIpc) is 3.62. The number of hydrogen-bond acceptors (Lipinski definition) is 2. The van der Waals surface area contributed by atoms with Crippen LogP contribution in [0.5, 0.6) is 0 Å². The zero-order valence-electron chi connectivity index (χ0n) is 28.2. The molecule has 0 fully saturated rings. The highest BCUT2D eigenvalue weighted by Gasteiger charge is 2.45. The van der Waals surface area contributed by atoms with Crippen LogP contribution < -0.4 is 20.6 Å². The summed E-state index contributed by atoms with van der Waals surface area (Å²) in [6.07, 6.45) is 0. The molecule has 0 radical (unpaired) electrons. The molecule has 0 saturated heterocycles. The molecule has 1 nitrogen and oxygen atoms in total. The van der Waals surface area contributed by atoms with Gasteiger partial charge in [0, 0.05) is 32.6 Å². The maximum Gasteiger partial charge on any atom is 0.260 e.